The van der Waals surface area contributed by atoms with Gasteiger partial charge in [-0.1, -0.05) is 0 Å². The average molecular weight is 344 g/mol. The van der Waals surface area contributed by atoms with Gasteiger partial charge in [0, 0.05) is 32.9 Å². The first-order chi connectivity index (χ1) is 12.1. The van der Waals surface area contributed by atoms with Crippen molar-refractivity contribution >= 4 is 5.82 Å². The molecule has 0 aromatic carbocycles. The Morgan fingerprint density at radius 2 is 2.16 bits per heavy atom. The third kappa shape index (κ3) is 3.92. The van der Waals surface area contributed by atoms with Gasteiger partial charge in [0.05, 0.1) is 18.3 Å². The van der Waals surface area contributed by atoms with Gasteiger partial charge in [-0.3, -0.25) is 9.58 Å². The van der Waals surface area contributed by atoms with Crippen LogP contribution in [0.5, 0.6) is 5.88 Å². The molecule has 0 bridgehead atoms. The lowest BCUT2D eigenvalue weighted by Gasteiger charge is -2.40. The smallest absolute Gasteiger partial charge is 0.218 e. The molecule has 2 aromatic rings. The van der Waals surface area contributed by atoms with Crippen LogP contribution in [0.15, 0.2) is 24.7 Å². The number of aromatic nitrogens is 4. The van der Waals surface area contributed by atoms with Gasteiger partial charge in [-0.25, -0.2) is 9.97 Å². The summed E-state index contributed by atoms with van der Waals surface area (Å²) in [5, 5.41) is 4.37. The lowest BCUT2D eigenvalue weighted by atomic mass is 9.87. The van der Waals surface area contributed by atoms with Crippen molar-refractivity contribution in [2.45, 2.75) is 25.8 Å². The summed E-state index contributed by atoms with van der Waals surface area (Å²) in [5.41, 5.74) is 1.28. The number of piperidine rings is 1. The van der Waals surface area contributed by atoms with Gasteiger partial charge < -0.3 is 9.64 Å². The molecule has 1 aliphatic heterocycles. The van der Waals surface area contributed by atoms with E-state index in [-0.39, 0.29) is 0 Å². The highest BCUT2D eigenvalue weighted by Gasteiger charge is 2.33. The van der Waals surface area contributed by atoms with Gasteiger partial charge in [-0.05, 0) is 45.3 Å². The highest BCUT2D eigenvalue weighted by molar-refractivity contribution is 5.40. The molecule has 1 fully saturated rings. The van der Waals surface area contributed by atoms with Crippen LogP contribution in [0.4, 0.5) is 5.82 Å². The van der Waals surface area contributed by atoms with Crippen LogP contribution in [0, 0.1) is 5.92 Å². The molecule has 1 aliphatic rings. The Bertz CT molecular complexity index is 688. The van der Waals surface area contributed by atoms with Crippen molar-refractivity contribution in [3.05, 3.63) is 30.4 Å². The van der Waals surface area contributed by atoms with E-state index in [0.29, 0.717) is 24.4 Å². The minimum atomic E-state index is 0.372. The maximum absolute atomic E-state index is 5.50. The molecule has 0 unspecified atom stereocenters. The molecular formula is C18H28N6O. The summed E-state index contributed by atoms with van der Waals surface area (Å²) in [6.07, 6.45) is 5.88. The molecule has 25 heavy (non-hydrogen) atoms. The van der Waals surface area contributed by atoms with Crippen LogP contribution in [-0.2, 0) is 7.05 Å². The van der Waals surface area contributed by atoms with Crippen LogP contribution in [0.25, 0.3) is 0 Å². The van der Waals surface area contributed by atoms with Crippen molar-refractivity contribution in [1.29, 1.82) is 0 Å². The predicted octanol–water partition coefficient (Wildman–Crippen LogP) is 2.13. The molecule has 0 amide bonds. The van der Waals surface area contributed by atoms with E-state index in [0.717, 1.165) is 18.9 Å². The van der Waals surface area contributed by atoms with E-state index in [9.17, 15) is 0 Å². The molecule has 0 radical (unpaired) electrons. The summed E-state index contributed by atoms with van der Waals surface area (Å²) in [7, 11) is 6.33. The Labute approximate surface area is 149 Å². The summed E-state index contributed by atoms with van der Waals surface area (Å²) in [6.45, 7) is 4.62. The van der Waals surface area contributed by atoms with Crippen LogP contribution in [0.1, 0.15) is 31.5 Å². The van der Waals surface area contributed by atoms with Crippen LogP contribution < -0.4 is 9.64 Å². The van der Waals surface area contributed by atoms with E-state index in [1.807, 2.05) is 30.9 Å². The van der Waals surface area contributed by atoms with Crippen molar-refractivity contribution < 1.29 is 4.74 Å². The van der Waals surface area contributed by atoms with Crippen molar-refractivity contribution in [3.63, 3.8) is 0 Å². The first kappa shape index (κ1) is 17.7. The van der Waals surface area contributed by atoms with Gasteiger partial charge >= 0.3 is 0 Å². The number of nitrogens with zero attached hydrogens (tertiary/aromatic N) is 6. The van der Waals surface area contributed by atoms with Gasteiger partial charge in [0.15, 0.2) is 0 Å². The lowest BCUT2D eigenvalue weighted by Crippen LogP contribution is -2.42. The third-order valence-corrected chi connectivity index (χ3v) is 4.99. The second-order valence-electron chi connectivity index (χ2n) is 6.74. The second kappa shape index (κ2) is 7.82. The zero-order valence-corrected chi connectivity index (χ0v) is 15.6. The second-order valence-corrected chi connectivity index (χ2v) is 6.74. The fourth-order valence-corrected chi connectivity index (χ4v) is 3.80. The summed E-state index contributed by atoms with van der Waals surface area (Å²) in [5.74, 6) is 2.04. The Balaban J connectivity index is 1.77. The SMILES string of the molecule is CCOc1cc(N(C)C[C@@H]2CCCN(C)[C@H]2c2ccnn2C)ncn1. The maximum atomic E-state index is 5.50. The van der Waals surface area contributed by atoms with Crippen molar-refractivity contribution in [2.24, 2.45) is 13.0 Å². The number of hydrogen-bond donors (Lipinski definition) is 0. The zero-order chi connectivity index (χ0) is 17.8. The molecule has 0 aliphatic carbocycles. The van der Waals surface area contributed by atoms with E-state index in [2.05, 4.69) is 45.0 Å². The topological polar surface area (TPSA) is 59.3 Å². The van der Waals surface area contributed by atoms with Gasteiger partial charge in [0.25, 0.3) is 0 Å². The molecule has 7 heteroatoms. The Kier molecular flexibility index (Phi) is 5.53. The fraction of sp³-hybridized carbons (Fsp3) is 0.611. The van der Waals surface area contributed by atoms with E-state index < -0.39 is 0 Å². The highest BCUT2D eigenvalue weighted by atomic mass is 16.5. The maximum Gasteiger partial charge on any atom is 0.218 e. The summed E-state index contributed by atoms with van der Waals surface area (Å²) < 4.78 is 7.50. The molecule has 2 atom stereocenters. The largest absolute Gasteiger partial charge is 0.478 e. The first-order valence-electron chi connectivity index (χ1n) is 8.94. The minimum Gasteiger partial charge on any atom is -0.478 e. The Hall–Kier alpha value is -2.15. The van der Waals surface area contributed by atoms with Crippen LogP contribution >= 0.6 is 0 Å². The van der Waals surface area contributed by atoms with E-state index in [1.54, 1.807) is 6.33 Å². The summed E-state index contributed by atoms with van der Waals surface area (Å²) in [4.78, 5) is 13.2. The van der Waals surface area contributed by atoms with Gasteiger partial charge in [0.1, 0.15) is 12.1 Å². The van der Waals surface area contributed by atoms with Crippen LogP contribution in [-0.4, -0.2) is 58.4 Å². The summed E-state index contributed by atoms with van der Waals surface area (Å²) in [6, 6.07) is 4.42. The molecule has 3 heterocycles. The quantitative estimate of drug-likeness (QED) is 0.800. The van der Waals surface area contributed by atoms with Crippen molar-refractivity contribution in [3.8, 4) is 5.88 Å². The molecule has 0 saturated carbocycles. The third-order valence-electron chi connectivity index (χ3n) is 4.99. The Morgan fingerprint density at radius 3 is 2.88 bits per heavy atom. The highest BCUT2D eigenvalue weighted by Crippen LogP contribution is 2.35. The molecule has 0 spiro atoms. The predicted molar refractivity (Wildman–Crippen MR) is 97.8 cm³/mol. The van der Waals surface area contributed by atoms with Crippen LogP contribution in [0.2, 0.25) is 0 Å². The van der Waals surface area contributed by atoms with Crippen molar-refractivity contribution in [2.75, 3.05) is 38.7 Å². The molecule has 7 nitrogen and oxygen atoms in total. The van der Waals surface area contributed by atoms with E-state index in [4.69, 9.17) is 4.74 Å². The summed E-state index contributed by atoms with van der Waals surface area (Å²) >= 11 is 0. The molecule has 0 N–H and O–H groups in total. The molecule has 1 saturated heterocycles. The lowest BCUT2D eigenvalue weighted by molar-refractivity contribution is 0.118. The molecule has 3 rings (SSSR count). The van der Waals surface area contributed by atoms with Crippen LogP contribution in [0.3, 0.4) is 0 Å². The number of rotatable bonds is 6. The van der Waals surface area contributed by atoms with E-state index >= 15 is 0 Å². The normalized spacial score (nSPS) is 21.3. The standard InChI is InChI=1S/C18H28N6O/c1-5-25-17-11-16(19-13-20-17)23(3)12-14-7-6-10-22(2)18(14)15-8-9-21-24(15)4/h8-9,11,13-14,18H,5-7,10,12H2,1-4H3/t14-,18+/m0/s1. The number of likely N-dealkylation sites (tertiary alicyclic amines) is 1. The average Bonchev–Trinajstić information content (AvgIpc) is 3.01. The van der Waals surface area contributed by atoms with Gasteiger partial charge in [0.2, 0.25) is 5.88 Å². The van der Waals surface area contributed by atoms with Gasteiger partial charge in [-0.2, -0.15) is 5.10 Å². The molecule has 2 aromatic heterocycles. The van der Waals surface area contributed by atoms with Gasteiger partial charge in [-0.15, -0.1) is 0 Å². The number of ether oxygens (including phenoxy) is 1. The molecular weight excluding hydrogens is 316 g/mol. The first-order valence-corrected chi connectivity index (χ1v) is 8.94. The number of hydrogen-bond acceptors (Lipinski definition) is 6. The minimum absolute atomic E-state index is 0.372. The monoisotopic (exact) mass is 344 g/mol. The molecule has 136 valence electrons. The number of aryl methyl sites for hydroxylation is 1. The number of anilines is 1. The fourth-order valence-electron chi connectivity index (χ4n) is 3.80. The zero-order valence-electron chi connectivity index (χ0n) is 15.6. The van der Waals surface area contributed by atoms with E-state index in [1.165, 1.54) is 18.5 Å². The van der Waals surface area contributed by atoms with Crippen molar-refractivity contribution in [1.82, 2.24) is 24.6 Å². The Morgan fingerprint density at radius 1 is 1.32 bits per heavy atom.